The highest BCUT2D eigenvalue weighted by atomic mass is 32.2. The van der Waals surface area contributed by atoms with Crippen LogP contribution in [0, 0.1) is 5.82 Å². The predicted molar refractivity (Wildman–Crippen MR) is 98.5 cm³/mol. The normalized spacial score (nSPS) is 17.7. The Hall–Kier alpha value is -1.70. The summed E-state index contributed by atoms with van der Waals surface area (Å²) in [6.45, 7) is 1.45. The molecule has 3 rings (SSSR count). The molecule has 1 aromatic carbocycles. The number of nitrogens with one attached hydrogen (secondary N) is 1. The van der Waals surface area contributed by atoms with Gasteiger partial charge in [-0.2, -0.15) is 12.7 Å². The molecule has 1 saturated heterocycles. The standard InChI is InChI=1S/C19H25FN2O3S/c20-17-9-7-16(8-10-17)18(19-6-5-15-25-19)11-12-21-26(23,24)22-13-3-1-2-4-14-22/h5-10,15,18,21H,1-4,11-14H2/t18-/m0/s1. The van der Waals surface area contributed by atoms with Crippen LogP contribution in [-0.2, 0) is 10.2 Å². The van der Waals surface area contributed by atoms with Crippen molar-refractivity contribution in [1.82, 2.24) is 9.03 Å². The van der Waals surface area contributed by atoms with Gasteiger partial charge in [0.2, 0.25) is 0 Å². The van der Waals surface area contributed by atoms with Crippen LogP contribution in [0.25, 0.3) is 0 Å². The highest BCUT2D eigenvalue weighted by Crippen LogP contribution is 2.28. The van der Waals surface area contributed by atoms with E-state index in [1.165, 1.54) is 12.1 Å². The van der Waals surface area contributed by atoms with E-state index < -0.39 is 10.2 Å². The fourth-order valence-corrected chi connectivity index (χ4v) is 4.66. The van der Waals surface area contributed by atoms with Gasteiger partial charge in [0.05, 0.1) is 6.26 Å². The molecule has 142 valence electrons. The number of furan rings is 1. The Morgan fingerprint density at radius 2 is 1.77 bits per heavy atom. The monoisotopic (exact) mass is 380 g/mol. The molecule has 0 aliphatic carbocycles. The van der Waals surface area contributed by atoms with Crippen LogP contribution < -0.4 is 4.72 Å². The Morgan fingerprint density at radius 1 is 1.08 bits per heavy atom. The fourth-order valence-electron chi connectivity index (χ4n) is 3.36. The molecule has 7 heteroatoms. The van der Waals surface area contributed by atoms with Gasteiger partial charge >= 0.3 is 0 Å². The van der Waals surface area contributed by atoms with Crippen LogP contribution in [-0.4, -0.2) is 32.4 Å². The van der Waals surface area contributed by atoms with Crippen LogP contribution >= 0.6 is 0 Å². The topological polar surface area (TPSA) is 62.6 Å². The van der Waals surface area contributed by atoms with Crippen molar-refractivity contribution in [2.75, 3.05) is 19.6 Å². The van der Waals surface area contributed by atoms with Gasteiger partial charge in [0.25, 0.3) is 10.2 Å². The van der Waals surface area contributed by atoms with Crippen molar-refractivity contribution in [3.8, 4) is 0 Å². The lowest BCUT2D eigenvalue weighted by molar-refractivity contribution is 0.412. The molecular weight excluding hydrogens is 355 g/mol. The number of rotatable bonds is 7. The van der Waals surface area contributed by atoms with Gasteiger partial charge in [0.15, 0.2) is 0 Å². The van der Waals surface area contributed by atoms with Crippen molar-refractivity contribution in [1.29, 1.82) is 0 Å². The number of halogens is 1. The van der Waals surface area contributed by atoms with E-state index in [4.69, 9.17) is 4.42 Å². The van der Waals surface area contributed by atoms with Crippen molar-refractivity contribution in [3.05, 3.63) is 59.8 Å². The molecule has 0 saturated carbocycles. The second kappa shape index (κ2) is 8.79. The molecule has 2 heterocycles. The lowest BCUT2D eigenvalue weighted by Crippen LogP contribution is -2.41. The summed E-state index contributed by atoms with van der Waals surface area (Å²) in [7, 11) is -3.47. The largest absolute Gasteiger partial charge is 0.469 e. The Labute approximate surface area is 154 Å². The maximum absolute atomic E-state index is 13.2. The third-order valence-corrected chi connectivity index (χ3v) is 6.40. The molecule has 1 N–H and O–H groups in total. The third-order valence-electron chi connectivity index (χ3n) is 4.78. The van der Waals surface area contributed by atoms with E-state index >= 15 is 0 Å². The molecule has 0 spiro atoms. The van der Waals surface area contributed by atoms with Crippen LogP contribution in [0.1, 0.15) is 49.3 Å². The van der Waals surface area contributed by atoms with Gasteiger partial charge in [-0.1, -0.05) is 25.0 Å². The highest BCUT2D eigenvalue weighted by Gasteiger charge is 2.24. The van der Waals surface area contributed by atoms with Gasteiger partial charge in [0, 0.05) is 25.6 Å². The summed E-state index contributed by atoms with van der Waals surface area (Å²) < 4.78 is 48.0. The molecule has 0 bridgehead atoms. The zero-order valence-corrected chi connectivity index (χ0v) is 15.6. The summed E-state index contributed by atoms with van der Waals surface area (Å²) in [5.41, 5.74) is 0.898. The second-order valence-corrected chi connectivity index (χ2v) is 8.38. The van der Waals surface area contributed by atoms with Crippen LogP contribution in [0.3, 0.4) is 0 Å². The quantitative estimate of drug-likeness (QED) is 0.797. The van der Waals surface area contributed by atoms with Crippen LogP contribution in [0.15, 0.2) is 47.1 Å². The van der Waals surface area contributed by atoms with Crippen molar-refractivity contribution in [2.45, 2.75) is 38.0 Å². The first-order valence-corrected chi connectivity index (χ1v) is 10.5. The van der Waals surface area contributed by atoms with E-state index in [0.29, 0.717) is 26.1 Å². The molecule has 1 aliphatic rings. The summed E-state index contributed by atoms with van der Waals surface area (Å²) in [6, 6.07) is 9.90. The predicted octanol–water partition coefficient (Wildman–Crippen LogP) is 3.65. The van der Waals surface area contributed by atoms with Gasteiger partial charge in [-0.3, -0.25) is 0 Å². The third kappa shape index (κ3) is 4.93. The SMILES string of the molecule is O=S(=O)(NCC[C@@H](c1ccc(F)cc1)c1ccco1)N1CCCCCC1. The zero-order chi connectivity index (χ0) is 18.4. The molecule has 1 fully saturated rings. The molecular formula is C19H25FN2O3S. The summed E-state index contributed by atoms with van der Waals surface area (Å²) >= 11 is 0. The minimum atomic E-state index is -3.47. The Bertz CT molecular complexity index is 768. The van der Waals surface area contributed by atoms with E-state index in [1.54, 1.807) is 28.8 Å². The molecule has 1 atom stereocenters. The Morgan fingerprint density at radius 3 is 2.38 bits per heavy atom. The number of benzene rings is 1. The molecule has 1 aromatic heterocycles. The van der Waals surface area contributed by atoms with Crippen molar-refractivity contribution in [2.24, 2.45) is 0 Å². The summed E-state index contributed by atoms with van der Waals surface area (Å²) in [4.78, 5) is 0. The highest BCUT2D eigenvalue weighted by molar-refractivity contribution is 7.87. The first-order chi connectivity index (χ1) is 12.6. The van der Waals surface area contributed by atoms with Crippen molar-refractivity contribution in [3.63, 3.8) is 0 Å². The molecule has 0 unspecified atom stereocenters. The fraction of sp³-hybridized carbons (Fsp3) is 0.474. The minimum Gasteiger partial charge on any atom is -0.469 e. The molecule has 5 nitrogen and oxygen atoms in total. The average Bonchev–Trinajstić information content (AvgIpc) is 3.00. The van der Waals surface area contributed by atoms with Crippen LogP contribution in [0.4, 0.5) is 4.39 Å². The minimum absolute atomic E-state index is 0.127. The lowest BCUT2D eigenvalue weighted by Gasteiger charge is -2.21. The van der Waals surface area contributed by atoms with Crippen molar-refractivity contribution >= 4 is 10.2 Å². The van der Waals surface area contributed by atoms with E-state index in [1.807, 2.05) is 6.07 Å². The van der Waals surface area contributed by atoms with Gasteiger partial charge in [-0.05, 0) is 49.1 Å². The van der Waals surface area contributed by atoms with Gasteiger partial charge in [-0.15, -0.1) is 0 Å². The Kier molecular flexibility index (Phi) is 6.45. The molecule has 2 aromatic rings. The van der Waals surface area contributed by atoms with Gasteiger partial charge < -0.3 is 4.42 Å². The molecule has 0 radical (unpaired) electrons. The number of hydrogen-bond donors (Lipinski definition) is 1. The first kappa shape index (κ1) is 19.1. The smallest absolute Gasteiger partial charge is 0.279 e. The maximum Gasteiger partial charge on any atom is 0.279 e. The first-order valence-electron chi connectivity index (χ1n) is 9.10. The van der Waals surface area contributed by atoms with Gasteiger partial charge in [-0.25, -0.2) is 9.11 Å². The summed E-state index contributed by atoms with van der Waals surface area (Å²) in [5, 5.41) is 0. The number of hydrogen-bond acceptors (Lipinski definition) is 3. The molecule has 1 aliphatic heterocycles. The van der Waals surface area contributed by atoms with Crippen molar-refractivity contribution < 1.29 is 17.2 Å². The van der Waals surface area contributed by atoms with E-state index in [0.717, 1.165) is 37.0 Å². The average molecular weight is 380 g/mol. The molecule has 0 amide bonds. The van der Waals surface area contributed by atoms with E-state index in [2.05, 4.69) is 4.72 Å². The second-order valence-electron chi connectivity index (χ2n) is 6.62. The number of nitrogens with zero attached hydrogens (tertiary/aromatic N) is 1. The van der Waals surface area contributed by atoms with Crippen LogP contribution in [0.2, 0.25) is 0 Å². The molecule has 26 heavy (non-hydrogen) atoms. The lowest BCUT2D eigenvalue weighted by atomic mass is 9.93. The van der Waals surface area contributed by atoms with Crippen LogP contribution in [0.5, 0.6) is 0 Å². The zero-order valence-electron chi connectivity index (χ0n) is 14.7. The van der Waals surface area contributed by atoms with E-state index in [-0.39, 0.29) is 11.7 Å². The van der Waals surface area contributed by atoms with E-state index in [9.17, 15) is 12.8 Å². The summed E-state index contributed by atoms with van der Waals surface area (Å²) in [5.74, 6) is 0.317. The van der Waals surface area contributed by atoms with Gasteiger partial charge in [0.1, 0.15) is 11.6 Å². The summed E-state index contributed by atoms with van der Waals surface area (Å²) in [6.07, 6.45) is 6.10. The Balaban J connectivity index is 1.65. The maximum atomic E-state index is 13.2.